The van der Waals surface area contributed by atoms with Crippen LogP contribution in [0, 0.1) is 5.92 Å². The second-order valence-electron chi connectivity index (χ2n) is 4.43. The molecule has 1 saturated heterocycles. The van der Waals surface area contributed by atoms with Gasteiger partial charge < -0.3 is 20.5 Å². The first-order valence-corrected chi connectivity index (χ1v) is 6.01. The van der Waals surface area contributed by atoms with Crippen LogP contribution < -0.4 is 15.4 Å². The molecule has 1 heterocycles. The average Bonchev–Trinajstić information content (AvgIpc) is 2.81. The Morgan fingerprint density at radius 2 is 2.39 bits per heavy atom. The van der Waals surface area contributed by atoms with E-state index in [1.165, 1.54) is 0 Å². The maximum absolute atomic E-state index is 11.9. The van der Waals surface area contributed by atoms with Gasteiger partial charge in [-0.15, -0.1) is 0 Å². The summed E-state index contributed by atoms with van der Waals surface area (Å²) in [6, 6.07) is 7.00. The molecule has 0 spiro atoms. The van der Waals surface area contributed by atoms with E-state index in [-0.39, 0.29) is 17.9 Å². The van der Waals surface area contributed by atoms with Gasteiger partial charge in [-0.1, -0.05) is 6.07 Å². The van der Waals surface area contributed by atoms with Gasteiger partial charge in [0.05, 0.1) is 13.2 Å². The van der Waals surface area contributed by atoms with Crippen LogP contribution in [0.3, 0.4) is 0 Å². The minimum absolute atomic E-state index is 0.0829. The third kappa shape index (κ3) is 3.00. The van der Waals surface area contributed by atoms with Crippen molar-refractivity contribution in [3.63, 3.8) is 0 Å². The van der Waals surface area contributed by atoms with E-state index in [2.05, 4.69) is 10.6 Å². The summed E-state index contributed by atoms with van der Waals surface area (Å²) in [7, 11) is 1.57. The molecule has 5 heteroatoms. The van der Waals surface area contributed by atoms with Crippen molar-refractivity contribution in [3.05, 3.63) is 29.8 Å². The molecule has 2 rings (SSSR count). The van der Waals surface area contributed by atoms with E-state index >= 15 is 0 Å². The summed E-state index contributed by atoms with van der Waals surface area (Å²) in [6.45, 7) is 1.81. The number of β-amino-alcohol motifs (C(OH)–C–C–N with tert-alkyl or cyclic N) is 1. The Bertz CT molecular complexity index is 422. The number of nitrogens with one attached hydrogen (secondary N) is 2. The van der Waals surface area contributed by atoms with Gasteiger partial charge in [-0.25, -0.2) is 0 Å². The normalized spacial score (nSPS) is 22.8. The molecule has 98 valence electrons. The maximum Gasteiger partial charge on any atom is 0.251 e. The highest BCUT2D eigenvalue weighted by Crippen LogP contribution is 2.13. The van der Waals surface area contributed by atoms with Gasteiger partial charge in [-0.05, 0) is 18.2 Å². The Morgan fingerprint density at radius 3 is 3.06 bits per heavy atom. The van der Waals surface area contributed by atoms with Crippen molar-refractivity contribution in [1.29, 1.82) is 0 Å². The fourth-order valence-electron chi connectivity index (χ4n) is 2.02. The molecule has 0 radical (unpaired) electrons. The van der Waals surface area contributed by atoms with Gasteiger partial charge in [0.1, 0.15) is 5.75 Å². The van der Waals surface area contributed by atoms with Crippen molar-refractivity contribution in [3.8, 4) is 5.75 Å². The lowest BCUT2D eigenvalue weighted by Gasteiger charge is -2.14. The van der Waals surface area contributed by atoms with Crippen LogP contribution in [-0.2, 0) is 0 Å². The number of hydrogen-bond acceptors (Lipinski definition) is 4. The van der Waals surface area contributed by atoms with E-state index in [4.69, 9.17) is 4.74 Å². The number of hydrogen-bond donors (Lipinski definition) is 3. The van der Waals surface area contributed by atoms with Crippen LogP contribution in [0.25, 0.3) is 0 Å². The van der Waals surface area contributed by atoms with Gasteiger partial charge in [-0.2, -0.15) is 0 Å². The topological polar surface area (TPSA) is 70.6 Å². The minimum Gasteiger partial charge on any atom is -0.497 e. The SMILES string of the molecule is COc1cccc(C(=O)NCC2CNCC2O)c1. The highest BCUT2D eigenvalue weighted by molar-refractivity contribution is 5.94. The van der Waals surface area contributed by atoms with Crippen LogP contribution in [0.1, 0.15) is 10.4 Å². The van der Waals surface area contributed by atoms with Crippen LogP contribution in [0.15, 0.2) is 24.3 Å². The largest absolute Gasteiger partial charge is 0.497 e. The van der Waals surface area contributed by atoms with E-state index < -0.39 is 0 Å². The number of carbonyl (C=O) groups is 1. The zero-order valence-corrected chi connectivity index (χ0v) is 10.3. The van der Waals surface area contributed by atoms with Crippen LogP contribution in [0.4, 0.5) is 0 Å². The molecule has 0 aliphatic carbocycles. The fraction of sp³-hybridized carbons (Fsp3) is 0.462. The predicted molar refractivity (Wildman–Crippen MR) is 67.7 cm³/mol. The molecule has 1 aromatic carbocycles. The Hall–Kier alpha value is -1.59. The van der Waals surface area contributed by atoms with E-state index in [0.717, 1.165) is 6.54 Å². The number of aliphatic hydroxyl groups is 1. The lowest BCUT2D eigenvalue weighted by Crippen LogP contribution is -2.34. The molecule has 5 nitrogen and oxygen atoms in total. The molecule has 3 N–H and O–H groups in total. The quantitative estimate of drug-likeness (QED) is 0.704. The Morgan fingerprint density at radius 1 is 1.56 bits per heavy atom. The standard InChI is InChI=1S/C13H18N2O3/c1-18-11-4-2-3-9(5-11)13(17)15-7-10-6-14-8-12(10)16/h2-5,10,12,14,16H,6-8H2,1H3,(H,15,17). The first kappa shape index (κ1) is 12.9. The van der Waals surface area contributed by atoms with Crippen LogP contribution >= 0.6 is 0 Å². The van der Waals surface area contributed by atoms with Crippen LogP contribution in [0.5, 0.6) is 5.75 Å². The summed E-state index contributed by atoms with van der Waals surface area (Å²) < 4.78 is 5.07. The van der Waals surface area contributed by atoms with Crippen molar-refractivity contribution in [2.45, 2.75) is 6.10 Å². The first-order chi connectivity index (χ1) is 8.70. The van der Waals surface area contributed by atoms with Gasteiger partial charge in [0, 0.05) is 31.1 Å². The summed E-state index contributed by atoms with van der Waals surface area (Å²) in [5.41, 5.74) is 0.565. The first-order valence-electron chi connectivity index (χ1n) is 6.01. The monoisotopic (exact) mass is 250 g/mol. The summed E-state index contributed by atoms with van der Waals surface area (Å²) >= 11 is 0. The highest BCUT2D eigenvalue weighted by atomic mass is 16.5. The number of methoxy groups -OCH3 is 1. The second kappa shape index (κ2) is 5.84. The van der Waals surface area contributed by atoms with Gasteiger partial charge in [-0.3, -0.25) is 4.79 Å². The molecule has 1 fully saturated rings. The zero-order valence-electron chi connectivity index (χ0n) is 10.3. The van der Waals surface area contributed by atoms with Crippen molar-refractivity contribution in [2.75, 3.05) is 26.7 Å². The smallest absolute Gasteiger partial charge is 0.251 e. The molecule has 0 bridgehead atoms. The highest BCUT2D eigenvalue weighted by Gasteiger charge is 2.25. The molecular weight excluding hydrogens is 232 g/mol. The average molecular weight is 250 g/mol. The van der Waals surface area contributed by atoms with Gasteiger partial charge >= 0.3 is 0 Å². The van der Waals surface area contributed by atoms with Crippen molar-refractivity contribution in [2.24, 2.45) is 5.92 Å². The van der Waals surface area contributed by atoms with E-state index in [1.807, 2.05) is 0 Å². The molecule has 2 atom stereocenters. The molecule has 1 amide bonds. The van der Waals surface area contributed by atoms with Crippen molar-refractivity contribution in [1.82, 2.24) is 10.6 Å². The van der Waals surface area contributed by atoms with Crippen molar-refractivity contribution >= 4 is 5.91 Å². The van der Waals surface area contributed by atoms with E-state index in [9.17, 15) is 9.90 Å². The van der Waals surface area contributed by atoms with Crippen molar-refractivity contribution < 1.29 is 14.6 Å². The summed E-state index contributed by atoms with van der Waals surface area (Å²) in [5, 5.41) is 15.5. The number of rotatable bonds is 4. The Labute approximate surface area is 106 Å². The number of benzene rings is 1. The Kier molecular flexibility index (Phi) is 4.17. The summed E-state index contributed by atoms with van der Waals surface area (Å²) in [4.78, 5) is 11.9. The lowest BCUT2D eigenvalue weighted by atomic mass is 10.1. The number of amides is 1. The third-order valence-electron chi connectivity index (χ3n) is 3.16. The predicted octanol–water partition coefficient (Wildman–Crippen LogP) is 0.00530. The molecule has 0 aromatic heterocycles. The van der Waals surface area contributed by atoms with Gasteiger partial charge in [0.15, 0.2) is 0 Å². The lowest BCUT2D eigenvalue weighted by molar-refractivity contribution is 0.0926. The molecule has 2 unspecified atom stereocenters. The number of aliphatic hydroxyl groups excluding tert-OH is 1. The minimum atomic E-state index is -0.379. The van der Waals surface area contributed by atoms with Gasteiger partial charge in [0.2, 0.25) is 0 Å². The van der Waals surface area contributed by atoms with E-state index in [1.54, 1.807) is 31.4 Å². The van der Waals surface area contributed by atoms with Crippen LogP contribution in [0.2, 0.25) is 0 Å². The third-order valence-corrected chi connectivity index (χ3v) is 3.16. The van der Waals surface area contributed by atoms with Crippen LogP contribution in [-0.4, -0.2) is 43.9 Å². The maximum atomic E-state index is 11.9. The number of carbonyl (C=O) groups excluding carboxylic acids is 1. The fourth-order valence-corrected chi connectivity index (χ4v) is 2.02. The molecule has 0 saturated carbocycles. The molecular formula is C13H18N2O3. The second-order valence-corrected chi connectivity index (χ2v) is 4.43. The van der Waals surface area contributed by atoms with Gasteiger partial charge in [0.25, 0.3) is 5.91 Å². The molecule has 1 aromatic rings. The summed E-state index contributed by atoms with van der Waals surface area (Å²) in [6.07, 6.45) is -0.379. The molecule has 18 heavy (non-hydrogen) atoms. The summed E-state index contributed by atoms with van der Waals surface area (Å²) in [5.74, 6) is 0.595. The van der Waals surface area contributed by atoms with E-state index in [0.29, 0.717) is 24.4 Å². The Balaban J connectivity index is 1.90. The molecule has 1 aliphatic rings. The number of ether oxygens (including phenoxy) is 1. The molecule has 1 aliphatic heterocycles. The zero-order chi connectivity index (χ0) is 13.0.